The minimum Gasteiger partial charge on any atom is -0.399 e. The van der Waals surface area contributed by atoms with Gasteiger partial charge in [0.1, 0.15) is 5.82 Å². The van der Waals surface area contributed by atoms with E-state index >= 15 is 0 Å². The van der Waals surface area contributed by atoms with Crippen molar-refractivity contribution in [1.29, 1.82) is 0 Å². The van der Waals surface area contributed by atoms with Crippen LogP contribution in [0.2, 0.25) is 0 Å². The number of nitrogens with zero attached hydrogens (tertiary/aromatic N) is 2. The quantitative estimate of drug-likeness (QED) is 0.688. The molecule has 2 N–H and O–H groups in total. The summed E-state index contributed by atoms with van der Waals surface area (Å²) in [4.78, 5) is 17.0. The molecular formula is C16H15N3O. The van der Waals surface area contributed by atoms with Crippen LogP contribution in [0.3, 0.4) is 0 Å². The first-order chi connectivity index (χ1) is 9.58. The Morgan fingerprint density at radius 1 is 1.15 bits per heavy atom. The molecule has 0 aliphatic heterocycles. The molecule has 0 unspecified atom stereocenters. The fourth-order valence-corrected chi connectivity index (χ4v) is 2.29. The first kappa shape index (κ1) is 12.4. The van der Waals surface area contributed by atoms with E-state index in [4.69, 9.17) is 5.73 Å². The largest absolute Gasteiger partial charge is 0.399 e. The van der Waals surface area contributed by atoms with E-state index in [1.54, 1.807) is 17.7 Å². The van der Waals surface area contributed by atoms with Crippen molar-refractivity contribution in [3.63, 3.8) is 0 Å². The SMILES string of the molecule is Cc1cc(-c2nc3ccccc3c(=O)n2C)ccc1N. The summed E-state index contributed by atoms with van der Waals surface area (Å²) in [5.41, 5.74) is 9.11. The second-order valence-corrected chi connectivity index (χ2v) is 4.89. The van der Waals surface area contributed by atoms with Crippen LogP contribution in [0.15, 0.2) is 47.3 Å². The fourth-order valence-electron chi connectivity index (χ4n) is 2.29. The van der Waals surface area contributed by atoms with Crippen LogP contribution in [0.4, 0.5) is 5.69 Å². The summed E-state index contributed by atoms with van der Waals surface area (Å²) >= 11 is 0. The molecule has 1 heterocycles. The third-order valence-corrected chi connectivity index (χ3v) is 3.51. The van der Waals surface area contributed by atoms with E-state index in [1.165, 1.54) is 0 Å². The number of hydrogen-bond donors (Lipinski definition) is 1. The highest BCUT2D eigenvalue weighted by Gasteiger charge is 2.10. The van der Waals surface area contributed by atoms with Gasteiger partial charge >= 0.3 is 0 Å². The van der Waals surface area contributed by atoms with Gasteiger partial charge in [0.2, 0.25) is 0 Å². The van der Waals surface area contributed by atoms with E-state index in [9.17, 15) is 4.79 Å². The van der Waals surface area contributed by atoms with E-state index in [-0.39, 0.29) is 5.56 Å². The monoisotopic (exact) mass is 265 g/mol. The van der Waals surface area contributed by atoms with Gasteiger partial charge in [-0.1, -0.05) is 12.1 Å². The summed E-state index contributed by atoms with van der Waals surface area (Å²) in [6.45, 7) is 1.94. The molecule has 0 aliphatic rings. The molecule has 0 radical (unpaired) electrons. The Bertz CT molecular complexity index is 865. The molecule has 0 atom stereocenters. The second-order valence-electron chi connectivity index (χ2n) is 4.89. The van der Waals surface area contributed by atoms with Gasteiger partial charge in [0.15, 0.2) is 0 Å². The average Bonchev–Trinajstić information content (AvgIpc) is 2.46. The predicted molar refractivity (Wildman–Crippen MR) is 81.6 cm³/mol. The molecule has 1 aromatic heterocycles. The summed E-state index contributed by atoms with van der Waals surface area (Å²) in [5, 5.41) is 0.630. The highest BCUT2D eigenvalue weighted by molar-refractivity contribution is 5.79. The minimum atomic E-state index is -0.0416. The molecule has 2 aromatic carbocycles. The Balaban J connectivity index is 2.33. The summed E-state index contributed by atoms with van der Waals surface area (Å²) in [6, 6.07) is 13.1. The van der Waals surface area contributed by atoms with Crippen molar-refractivity contribution in [2.75, 3.05) is 5.73 Å². The van der Waals surface area contributed by atoms with Crippen molar-refractivity contribution in [3.8, 4) is 11.4 Å². The average molecular weight is 265 g/mol. The van der Waals surface area contributed by atoms with Gasteiger partial charge in [-0.2, -0.15) is 0 Å². The number of benzene rings is 2. The number of rotatable bonds is 1. The lowest BCUT2D eigenvalue weighted by Gasteiger charge is -2.10. The van der Waals surface area contributed by atoms with Gasteiger partial charge in [0.25, 0.3) is 5.56 Å². The summed E-state index contributed by atoms with van der Waals surface area (Å²) < 4.78 is 1.58. The molecule has 3 aromatic rings. The molecule has 0 saturated carbocycles. The summed E-state index contributed by atoms with van der Waals surface area (Å²) in [6.07, 6.45) is 0. The topological polar surface area (TPSA) is 60.9 Å². The summed E-state index contributed by atoms with van der Waals surface area (Å²) in [5.74, 6) is 0.650. The van der Waals surface area contributed by atoms with Crippen LogP contribution >= 0.6 is 0 Å². The summed E-state index contributed by atoms with van der Waals surface area (Å²) in [7, 11) is 1.74. The zero-order valence-corrected chi connectivity index (χ0v) is 11.4. The third kappa shape index (κ3) is 1.86. The zero-order chi connectivity index (χ0) is 14.3. The molecule has 0 aliphatic carbocycles. The molecule has 0 fully saturated rings. The number of nitrogen functional groups attached to an aromatic ring is 1. The Kier molecular flexibility index (Phi) is 2.79. The number of para-hydroxylation sites is 1. The number of hydrogen-bond acceptors (Lipinski definition) is 3. The van der Waals surface area contributed by atoms with Crippen molar-refractivity contribution in [2.24, 2.45) is 7.05 Å². The maximum Gasteiger partial charge on any atom is 0.261 e. The first-order valence-electron chi connectivity index (χ1n) is 6.40. The number of aryl methyl sites for hydroxylation is 1. The smallest absolute Gasteiger partial charge is 0.261 e. The van der Waals surface area contributed by atoms with E-state index in [2.05, 4.69) is 4.98 Å². The lowest BCUT2D eigenvalue weighted by atomic mass is 10.1. The highest BCUT2D eigenvalue weighted by atomic mass is 16.1. The molecule has 0 bridgehead atoms. The van der Waals surface area contributed by atoms with Gasteiger partial charge in [-0.25, -0.2) is 4.98 Å². The normalized spacial score (nSPS) is 10.9. The number of aromatic nitrogens is 2. The molecule has 100 valence electrons. The van der Waals surface area contributed by atoms with Gasteiger partial charge in [0.05, 0.1) is 10.9 Å². The molecule has 20 heavy (non-hydrogen) atoms. The molecule has 4 heteroatoms. The minimum absolute atomic E-state index is 0.0416. The Hall–Kier alpha value is -2.62. The maximum absolute atomic E-state index is 12.4. The number of anilines is 1. The van der Waals surface area contributed by atoms with Gasteiger partial charge in [-0.3, -0.25) is 9.36 Å². The second kappa shape index (κ2) is 4.49. The molecule has 0 amide bonds. The van der Waals surface area contributed by atoms with E-state index in [1.807, 2.05) is 43.3 Å². The van der Waals surface area contributed by atoms with Crippen LogP contribution in [0.25, 0.3) is 22.3 Å². The Labute approximate surface area is 116 Å². The van der Waals surface area contributed by atoms with Crippen molar-refractivity contribution >= 4 is 16.6 Å². The van der Waals surface area contributed by atoms with E-state index < -0.39 is 0 Å². The first-order valence-corrected chi connectivity index (χ1v) is 6.40. The van der Waals surface area contributed by atoms with Crippen molar-refractivity contribution in [2.45, 2.75) is 6.92 Å². The third-order valence-electron chi connectivity index (χ3n) is 3.51. The van der Waals surface area contributed by atoms with Crippen LogP contribution in [-0.2, 0) is 7.05 Å². The standard InChI is InChI=1S/C16H15N3O/c1-10-9-11(7-8-13(10)17)15-18-14-6-4-3-5-12(14)16(20)19(15)2/h3-9H,17H2,1-2H3. The molecule has 0 spiro atoms. The lowest BCUT2D eigenvalue weighted by Crippen LogP contribution is -2.20. The maximum atomic E-state index is 12.4. The van der Waals surface area contributed by atoms with E-state index in [0.717, 1.165) is 16.8 Å². The highest BCUT2D eigenvalue weighted by Crippen LogP contribution is 2.22. The van der Waals surface area contributed by atoms with Crippen molar-refractivity contribution < 1.29 is 0 Å². The predicted octanol–water partition coefficient (Wildman–Crippen LogP) is 2.49. The fraction of sp³-hybridized carbons (Fsp3) is 0.125. The van der Waals surface area contributed by atoms with Gasteiger partial charge in [-0.05, 0) is 42.8 Å². The van der Waals surface area contributed by atoms with Crippen molar-refractivity contribution in [1.82, 2.24) is 9.55 Å². The Morgan fingerprint density at radius 3 is 2.65 bits per heavy atom. The lowest BCUT2D eigenvalue weighted by molar-refractivity contribution is 0.855. The zero-order valence-electron chi connectivity index (χ0n) is 11.4. The van der Waals surface area contributed by atoms with Crippen LogP contribution < -0.4 is 11.3 Å². The van der Waals surface area contributed by atoms with Crippen LogP contribution in [-0.4, -0.2) is 9.55 Å². The van der Waals surface area contributed by atoms with Gasteiger partial charge in [-0.15, -0.1) is 0 Å². The molecule has 3 rings (SSSR count). The molecular weight excluding hydrogens is 250 g/mol. The number of nitrogens with two attached hydrogens (primary N) is 1. The van der Waals surface area contributed by atoms with Crippen LogP contribution in [0, 0.1) is 6.92 Å². The van der Waals surface area contributed by atoms with Crippen LogP contribution in [0.1, 0.15) is 5.56 Å². The molecule has 4 nitrogen and oxygen atoms in total. The van der Waals surface area contributed by atoms with Crippen molar-refractivity contribution in [3.05, 3.63) is 58.4 Å². The Morgan fingerprint density at radius 2 is 1.90 bits per heavy atom. The van der Waals surface area contributed by atoms with Gasteiger partial charge in [0, 0.05) is 18.3 Å². The molecule has 0 saturated heterocycles. The van der Waals surface area contributed by atoms with Crippen LogP contribution in [0.5, 0.6) is 0 Å². The van der Waals surface area contributed by atoms with E-state index in [0.29, 0.717) is 16.7 Å². The number of fused-ring (bicyclic) bond motifs is 1. The van der Waals surface area contributed by atoms with Gasteiger partial charge < -0.3 is 5.73 Å².